The maximum absolute atomic E-state index is 12.4. The van der Waals surface area contributed by atoms with Crippen LogP contribution in [0.4, 0.5) is 5.69 Å². The quantitative estimate of drug-likeness (QED) is 0.879. The van der Waals surface area contributed by atoms with Gasteiger partial charge >= 0.3 is 0 Å². The van der Waals surface area contributed by atoms with Crippen LogP contribution >= 0.6 is 0 Å². The third kappa shape index (κ3) is 3.58. The van der Waals surface area contributed by atoms with Crippen LogP contribution in [0.1, 0.15) is 44.1 Å². The smallest absolute Gasteiger partial charge is 0.240 e. The highest BCUT2D eigenvalue weighted by Gasteiger charge is 2.19. The van der Waals surface area contributed by atoms with Gasteiger partial charge in [0.2, 0.25) is 10.0 Å². The van der Waals surface area contributed by atoms with E-state index < -0.39 is 10.0 Å². The molecule has 2 N–H and O–H groups in total. The van der Waals surface area contributed by atoms with Crippen molar-refractivity contribution >= 4 is 15.7 Å². The van der Waals surface area contributed by atoms with Crippen molar-refractivity contribution in [1.29, 1.82) is 0 Å². The first-order valence-electron chi connectivity index (χ1n) is 8.02. The van der Waals surface area contributed by atoms with Crippen molar-refractivity contribution in [2.45, 2.75) is 49.8 Å². The van der Waals surface area contributed by atoms with Crippen molar-refractivity contribution in [1.82, 2.24) is 4.72 Å². The van der Waals surface area contributed by atoms with Gasteiger partial charge < -0.3 is 5.32 Å². The minimum Gasteiger partial charge on any atom is -0.385 e. The van der Waals surface area contributed by atoms with Gasteiger partial charge in [-0.3, -0.25) is 0 Å². The average molecular weight is 308 g/mol. The molecule has 3 rings (SSSR count). The molecule has 0 radical (unpaired) electrons. The van der Waals surface area contributed by atoms with E-state index in [0.717, 1.165) is 37.1 Å². The van der Waals surface area contributed by atoms with Crippen LogP contribution in [0.3, 0.4) is 0 Å². The topological polar surface area (TPSA) is 58.2 Å². The lowest BCUT2D eigenvalue weighted by molar-refractivity contribution is 0.495. The van der Waals surface area contributed by atoms with Gasteiger partial charge in [-0.15, -0.1) is 0 Å². The summed E-state index contributed by atoms with van der Waals surface area (Å²) in [6.45, 7) is 1.53. The molecule has 1 heterocycles. The number of hydrogen-bond donors (Lipinski definition) is 2. The molecule has 0 spiro atoms. The van der Waals surface area contributed by atoms with E-state index in [1.807, 2.05) is 12.1 Å². The summed E-state index contributed by atoms with van der Waals surface area (Å²) < 4.78 is 27.5. The van der Waals surface area contributed by atoms with Gasteiger partial charge in [0, 0.05) is 18.8 Å². The summed E-state index contributed by atoms with van der Waals surface area (Å²) in [7, 11) is -3.36. The highest BCUT2D eigenvalue weighted by atomic mass is 32.2. The molecule has 1 aliphatic heterocycles. The molecule has 116 valence electrons. The number of nitrogens with one attached hydrogen (secondary N) is 2. The zero-order valence-corrected chi connectivity index (χ0v) is 13.2. The van der Waals surface area contributed by atoms with Crippen LogP contribution in [-0.4, -0.2) is 21.5 Å². The van der Waals surface area contributed by atoms with Crippen LogP contribution in [0, 0.1) is 5.92 Å². The first-order chi connectivity index (χ1) is 10.1. The zero-order chi connectivity index (χ0) is 14.7. The van der Waals surface area contributed by atoms with E-state index in [1.54, 1.807) is 6.07 Å². The fraction of sp³-hybridized carbons (Fsp3) is 0.625. The Labute approximate surface area is 127 Å². The molecule has 1 aliphatic carbocycles. The van der Waals surface area contributed by atoms with Crippen molar-refractivity contribution in [3.8, 4) is 0 Å². The van der Waals surface area contributed by atoms with Crippen molar-refractivity contribution in [3.63, 3.8) is 0 Å². The van der Waals surface area contributed by atoms with Crippen LogP contribution < -0.4 is 10.0 Å². The second-order valence-electron chi connectivity index (χ2n) is 6.19. The zero-order valence-electron chi connectivity index (χ0n) is 12.4. The van der Waals surface area contributed by atoms with Crippen molar-refractivity contribution < 1.29 is 8.42 Å². The maximum Gasteiger partial charge on any atom is 0.240 e. The monoisotopic (exact) mass is 308 g/mol. The Hall–Kier alpha value is -1.07. The van der Waals surface area contributed by atoms with Crippen molar-refractivity contribution in [2.24, 2.45) is 5.92 Å². The number of sulfonamides is 1. The fourth-order valence-corrected chi connectivity index (χ4v) is 4.50. The molecule has 0 atom stereocenters. The summed E-state index contributed by atoms with van der Waals surface area (Å²) in [4.78, 5) is 0.399. The molecular weight excluding hydrogens is 284 g/mol. The molecule has 1 aromatic carbocycles. The average Bonchev–Trinajstić information content (AvgIpc) is 3.00. The third-order valence-electron chi connectivity index (χ3n) is 4.64. The summed E-state index contributed by atoms with van der Waals surface area (Å²) in [6.07, 6.45) is 8.09. The van der Waals surface area contributed by atoms with E-state index in [2.05, 4.69) is 10.0 Å². The molecule has 5 heteroatoms. The Bertz CT molecular complexity index is 592. The molecule has 1 aromatic rings. The number of rotatable bonds is 5. The standard InChI is InChI=1S/C16H24N2O2S/c19-21(20,18-11-9-13-4-1-2-5-13)15-7-8-16-14(12-15)6-3-10-17-16/h7-8,12-13,17-18H,1-6,9-11H2. The van der Waals surface area contributed by atoms with E-state index >= 15 is 0 Å². The molecule has 0 bridgehead atoms. The predicted octanol–water partition coefficient (Wildman–Crippen LogP) is 2.90. The molecular formula is C16H24N2O2S. The van der Waals surface area contributed by atoms with Crippen molar-refractivity contribution in [2.75, 3.05) is 18.4 Å². The summed E-state index contributed by atoms with van der Waals surface area (Å²) in [5.41, 5.74) is 2.19. The lowest BCUT2D eigenvalue weighted by Crippen LogP contribution is -2.26. The minimum atomic E-state index is -3.36. The van der Waals surface area contributed by atoms with Gasteiger partial charge in [-0.2, -0.15) is 0 Å². The second-order valence-corrected chi connectivity index (χ2v) is 7.95. The van der Waals surface area contributed by atoms with Gasteiger partial charge in [-0.1, -0.05) is 25.7 Å². The summed E-state index contributed by atoms with van der Waals surface area (Å²) >= 11 is 0. The lowest BCUT2D eigenvalue weighted by Gasteiger charge is -2.19. The van der Waals surface area contributed by atoms with E-state index in [-0.39, 0.29) is 0 Å². The van der Waals surface area contributed by atoms with Crippen LogP contribution in [0.5, 0.6) is 0 Å². The lowest BCUT2D eigenvalue weighted by atomic mass is 10.0. The predicted molar refractivity (Wildman–Crippen MR) is 85.0 cm³/mol. The van der Waals surface area contributed by atoms with E-state index in [4.69, 9.17) is 0 Å². The van der Waals surface area contributed by atoms with Gasteiger partial charge in [0.25, 0.3) is 0 Å². The van der Waals surface area contributed by atoms with Gasteiger partial charge in [-0.05, 0) is 48.9 Å². The molecule has 0 aromatic heterocycles. The van der Waals surface area contributed by atoms with Crippen LogP contribution in [0.25, 0.3) is 0 Å². The highest BCUT2D eigenvalue weighted by Crippen LogP contribution is 2.27. The number of benzene rings is 1. The van der Waals surface area contributed by atoms with Crippen molar-refractivity contribution in [3.05, 3.63) is 23.8 Å². The summed E-state index contributed by atoms with van der Waals surface area (Å²) in [5.74, 6) is 0.709. The fourth-order valence-electron chi connectivity index (χ4n) is 3.40. The van der Waals surface area contributed by atoms with Gasteiger partial charge in [0.1, 0.15) is 0 Å². The summed E-state index contributed by atoms with van der Waals surface area (Å²) in [6, 6.07) is 5.41. The number of aryl methyl sites for hydroxylation is 1. The normalized spacial score (nSPS) is 19.2. The van der Waals surface area contributed by atoms with Crippen LogP contribution in [0.15, 0.2) is 23.1 Å². The molecule has 1 fully saturated rings. The Morgan fingerprint density at radius 1 is 1.19 bits per heavy atom. The third-order valence-corrected chi connectivity index (χ3v) is 6.10. The molecule has 21 heavy (non-hydrogen) atoms. The van der Waals surface area contributed by atoms with Crippen LogP contribution in [-0.2, 0) is 16.4 Å². The number of anilines is 1. The minimum absolute atomic E-state index is 0.399. The van der Waals surface area contributed by atoms with Gasteiger partial charge in [0.05, 0.1) is 4.90 Å². The Balaban J connectivity index is 1.63. The maximum atomic E-state index is 12.4. The number of hydrogen-bond acceptors (Lipinski definition) is 3. The highest BCUT2D eigenvalue weighted by molar-refractivity contribution is 7.89. The Kier molecular flexibility index (Phi) is 4.50. The molecule has 0 amide bonds. The number of fused-ring (bicyclic) bond motifs is 1. The molecule has 4 nitrogen and oxygen atoms in total. The molecule has 2 aliphatic rings. The Morgan fingerprint density at radius 3 is 2.81 bits per heavy atom. The van der Waals surface area contributed by atoms with Crippen LogP contribution in [0.2, 0.25) is 0 Å². The SMILES string of the molecule is O=S(=O)(NCCC1CCCC1)c1ccc2c(c1)CCCN2. The van der Waals surface area contributed by atoms with E-state index in [0.29, 0.717) is 17.4 Å². The van der Waals surface area contributed by atoms with E-state index in [9.17, 15) is 8.42 Å². The Morgan fingerprint density at radius 2 is 2.00 bits per heavy atom. The van der Waals surface area contributed by atoms with Gasteiger partial charge in [0.15, 0.2) is 0 Å². The molecule has 0 unspecified atom stereocenters. The molecule has 1 saturated carbocycles. The second kappa shape index (κ2) is 6.36. The summed E-state index contributed by atoms with van der Waals surface area (Å²) in [5, 5.41) is 3.31. The largest absolute Gasteiger partial charge is 0.385 e. The van der Waals surface area contributed by atoms with E-state index in [1.165, 1.54) is 25.7 Å². The molecule has 0 saturated heterocycles. The van der Waals surface area contributed by atoms with Gasteiger partial charge in [-0.25, -0.2) is 13.1 Å². The first kappa shape index (κ1) is 14.9. The first-order valence-corrected chi connectivity index (χ1v) is 9.50.